The zero-order chi connectivity index (χ0) is 17.5. The summed E-state index contributed by atoms with van der Waals surface area (Å²) in [4.78, 5) is 11.4. The van der Waals surface area contributed by atoms with E-state index in [0.717, 1.165) is 5.56 Å². The molecule has 1 aromatic rings. The highest BCUT2D eigenvalue weighted by atomic mass is 19.1. The Bertz CT molecular complexity index is 514. The van der Waals surface area contributed by atoms with Gasteiger partial charge in [0.25, 0.3) is 0 Å². The zero-order valence-corrected chi connectivity index (χ0v) is 14.0. The van der Waals surface area contributed by atoms with Crippen LogP contribution < -0.4 is 10.6 Å². The molecule has 1 aromatic carbocycles. The first-order valence-corrected chi connectivity index (χ1v) is 8.57. The van der Waals surface area contributed by atoms with Crippen molar-refractivity contribution in [2.24, 2.45) is 0 Å². The van der Waals surface area contributed by atoms with Crippen molar-refractivity contribution < 1.29 is 19.4 Å². The van der Waals surface area contributed by atoms with E-state index < -0.39 is 18.3 Å². The number of carbonyl (C=O) groups excluding carboxylic acids is 1. The molecule has 1 heterocycles. The Morgan fingerprint density at radius 1 is 1.42 bits per heavy atom. The quantitative estimate of drug-likeness (QED) is 0.600. The van der Waals surface area contributed by atoms with Crippen LogP contribution in [0.2, 0.25) is 0 Å². The average Bonchev–Trinajstić information content (AvgIpc) is 2.62. The molecule has 0 bridgehead atoms. The van der Waals surface area contributed by atoms with Crippen LogP contribution in [0.15, 0.2) is 30.3 Å². The number of aliphatic hydroxyl groups is 2. The number of hydrogen-bond donors (Lipinski definition) is 4. The number of halogens is 1. The first-order chi connectivity index (χ1) is 11.6. The molecule has 0 spiro atoms. The summed E-state index contributed by atoms with van der Waals surface area (Å²) >= 11 is 0. The largest absolute Gasteiger partial charge is 0.396 e. The summed E-state index contributed by atoms with van der Waals surface area (Å²) in [5, 5.41) is 25.5. The fraction of sp³-hybridized carbons (Fsp3) is 0.611. The van der Waals surface area contributed by atoms with E-state index in [9.17, 15) is 19.4 Å². The maximum absolute atomic E-state index is 14.4. The van der Waals surface area contributed by atoms with Crippen molar-refractivity contribution in [1.82, 2.24) is 10.6 Å². The molecule has 1 saturated heterocycles. The molecule has 0 radical (unpaired) electrons. The fourth-order valence-electron chi connectivity index (χ4n) is 3.15. The molecule has 6 heteroatoms. The molecule has 1 unspecified atom stereocenters. The number of benzene rings is 1. The molecule has 0 saturated carbocycles. The summed E-state index contributed by atoms with van der Waals surface area (Å²) in [5.74, 6) is -0.254. The van der Waals surface area contributed by atoms with Gasteiger partial charge in [0, 0.05) is 31.5 Å². The summed E-state index contributed by atoms with van der Waals surface area (Å²) in [7, 11) is 0. The smallest absolute Gasteiger partial charge is 0.220 e. The van der Waals surface area contributed by atoms with Crippen LogP contribution in [0.25, 0.3) is 0 Å². The molecule has 24 heavy (non-hydrogen) atoms. The minimum absolute atomic E-state index is 0.0149. The number of hydrogen-bond acceptors (Lipinski definition) is 4. The van der Waals surface area contributed by atoms with Gasteiger partial charge in [0.15, 0.2) is 0 Å². The highest BCUT2D eigenvalue weighted by Crippen LogP contribution is 2.24. The van der Waals surface area contributed by atoms with Gasteiger partial charge in [0.05, 0.1) is 6.04 Å². The van der Waals surface area contributed by atoms with Crippen LogP contribution in [0, 0.1) is 0 Å². The molecule has 1 fully saturated rings. The van der Waals surface area contributed by atoms with Crippen LogP contribution in [0.5, 0.6) is 0 Å². The molecule has 1 aliphatic heterocycles. The van der Waals surface area contributed by atoms with Crippen LogP contribution in [0.1, 0.15) is 37.7 Å². The van der Waals surface area contributed by atoms with E-state index in [0.29, 0.717) is 19.4 Å². The van der Waals surface area contributed by atoms with Crippen LogP contribution in [0.4, 0.5) is 4.39 Å². The van der Waals surface area contributed by atoms with E-state index in [4.69, 9.17) is 0 Å². The standard InChI is InChI=1S/C18H27FN2O3/c1-2-16(23)21-15-10-20-14(18(24)17(15)19)9-8-13(11-22)12-6-4-3-5-7-12/h3-7,13-15,17-18,20,22,24H,2,8-11H2,1H3,(H,21,23)/t13?,14-,15+,17-,18-/m1/s1. The fourth-order valence-corrected chi connectivity index (χ4v) is 3.15. The summed E-state index contributed by atoms with van der Waals surface area (Å²) in [6, 6.07) is 8.59. The second-order valence-corrected chi connectivity index (χ2v) is 6.34. The Labute approximate surface area is 142 Å². The molecule has 1 aliphatic rings. The van der Waals surface area contributed by atoms with Crippen molar-refractivity contribution in [3.8, 4) is 0 Å². The minimum atomic E-state index is -1.49. The Morgan fingerprint density at radius 3 is 2.75 bits per heavy atom. The van der Waals surface area contributed by atoms with Crippen molar-refractivity contribution in [2.75, 3.05) is 13.2 Å². The molecular weight excluding hydrogens is 311 g/mol. The molecule has 134 valence electrons. The van der Waals surface area contributed by atoms with Gasteiger partial charge in [-0.05, 0) is 18.4 Å². The number of carbonyl (C=O) groups is 1. The van der Waals surface area contributed by atoms with Crippen LogP contribution in [-0.4, -0.2) is 53.6 Å². The van der Waals surface area contributed by atoms with Crippen molar-refractivity contribution in [2.45, 2.75) is 56.5 Å². The van der Waals surface area contributed by atoms with Crippen LogP contribution >= 0.6 is 0 Å². The normalized spacial score (nSPS) is 28.3. The van der Waals surface area contributed by atoms with Gasteiger partial charge in [0.1, 0.15) is 12.3 Å². The van der Waals surface area contributed by atoms with Crippen molar-refractivity contribution in [3.05, 3.63) is 35.9 Å². The monoisotopic (exact) mass is 338 g/mol. The van der Waals surface area contributed by atoms with Gasteiger partial charge in [0.2, 0.25) is 5.91 Å². The lowest BCUT2D eigenvalue weighted by molar-refractivity contribution is -0.123. The van der Waals surface area contributed by atoms with Gasteiger partial charge in [-0.2, -0.15) is 0 Å². The Hall–Kier alpha value is -1.50. The van der Waals surface area contributed by atoms with Gasteiger partial charge >= 0.3 is 0 Å². The van der Waals surface area contributed by atoms with E-state index in [2.05, 4.69) is 10.6 Å². The summed E-state index contributed by atoms with van der Waals surface area (Å²) in [6.45, 7) is 2.02. The molecule has 2 rings (SSSR count). The third kappa shape index (κ3) is 4.75. The molecule has 4 N–H and O–H groups in total. The third-order valence-corrected chi connectivity index (χ3v) is 4.71. The predicted molar refractivity (Wildman–Crippen MR) is 90.4 cm³/mol. The summed E-state index contributed by atoms with van der Waals surface area (Å²) in [5.41, 5.74) is 1.04. The number of piperidine rings is 1. The SMILES string of the molecule is CCC(=O)N[C@H]1CN[C@H](CCC(CO)c2ccccc2)[C@@H](O)[C@@H]1F. The van der Waals surface area contributed by atoms with E-state index in [-0.39, 0.29) is 30.9 Å². The molecule has 1 amide bonds. The predicted octanol–water partition coefficient (Wildman–Crippen LogP) is 1.11. The second-order valence-electron chi connectivity index (χ2n) is 6.34. The van der Waals surface area contributed by atoms with Crippen molar-refractivity contribution >= 4 is 5.91 Å². The zero-order valence-electron chi connectivity index (χ0n) is 14.0. The first kappa shape index (κ1) is 18.8. The van der Waals surface area contributed by atoms with Gasteiger partial charge < -0.3 is 20.8 Å². The number of rotatable bonds is 7. The highest BCUT2D eigenvalue weighted by molar-refractivity contribution is 5.75. The van der Waals surface area contributed by atoms with Crippen molar-refractivity contribution in [3.63, 3.8) is 0 Å². The lowest BCUT2D eigenvalue weighted by Gasteiger charge is -2.38. The van der Waals surface area contributed by atoms with Gasteiger partial charge in [-0.15, -0.1) is 0 Å². The van der Waals surface area contributed by atoms with Crippen LogP contribution in [0.3, 0.4) is 0 Å². The summed E-state index contributed by atoms with van der Waals surface area (Å²) in [6.07, 6.45) is -1.17. The number of aliphatic hydroxyl groups excluding tert-OH is 2. The second kappa shape index (κ2) is 9.11. The van der Waals surface area contributed by atoms with Crippen LogP contribution in [-0.2, 0) is 4.79 Å². The van der Waals surface area contributed by atoms with E-state index in [1.165, 1.54) is 0 Å². The Morgan fingerprint density at radius 2 is 2.12 bits per heavy atom. The lowest BCUT2D eigenvalue weighted by atomic mass is 9.88. The van der Waals surface area contributed by atoms with Gasteiger partial charge in [-0.3, -0.25) is 4.79 Å². The molecule has 5 nitrogen and oxygen atoms in total. The maximum Gasteiger partial charge on any atom is 0.220 e. The van der Waals surface area contributed by atoms with Gasteiger partial charge in [-0.25, -0.2) is 4.39 Å². The van der Waals surface area contributed by atoms with Gasteiger partial charge in [-0.1, -0.05) is 37.3 Å². The summed E-state index contributed by atoms with van der Waals surface area (Å²) < 4.78 is 14.4. The minimum Gasteiger partial charge on any atom is -0.396 e. The Kier molecular flexibility index (Phi) is 7.15. The topological polar surface area (TPSA) is 81.6 Å². The Balaban J connectivity index is 1.88. The van der Waals surface area contributed by atoms with E-state index in [1.807, 2.05) is 30.3 Å². The third-order valence-electron chi connectivity index (χ3n) is 4.71. The van der Waals surface area contributed by atoms with Crippen molar-refractivity contribution in [1.29, 1.82) is 0 Å². The number of amides is 1. The van der Waals surface area contributed by atoms with E-state index in [1.54, 1.807) is 6.92 Å². The molecule has 0 aliphatic carbocycles. The molecule has 5 atom stereocenters. The number of alkyl halides is 1. The molecule has 0 aromatic heterocycles. The highest BCUT2D eigenvalue weighted by Gasteiger charge is 2.39. The average molecular weight is 338 g/mol. The maximum atomic E-state index is 14.4. The molecular formula is C18H27FN2O3. The first-order valence-electron chi connectivity index (χ1n) is 8.57. The lowest BCUT2D eigenvalue weighted by Crippen LogP contribution is -2.63. The van der Waals surface area contributed by atoms with E-state index >= 15 is 0 Å². The number of nitrogens with one attached hydrogen (secondary N) is 2.